The first-order chi connectivity index (χ1) is 12.8. The van der Waals surface area contributed by atoms with Crippen molar-refractivity contribution in [2.24, 2.45) is 4.99 Å². The molecule has 0 aliphatic carbocycles. The van der Waals surface area contributed by atoms with Crippen LogP contribution in [0.2, 0.25) is 0 Å². The molecular formula is C20H25IN6. The first-order valence-electron chi connectivity index (χ1n) is 9.21. The molecule has 27 heavy (non-hydrogen) atoms. The number of nitrogens with zero attached hydrogens (tertiary/aromatic N) is 4. The average Bonchev–Trinajstić information content (AvgIpc) is 3.14. The van der Waals surface area contributed by atoms with Gasteiger partial charge in [0.2, 0.25) is 0 Å². The maximum atomic E-state index is 4.82. The number of aromatic nitrogens is 3. The molecular weight excluding hydrogens is 451 g/mol. The number of aliphatic imine (C=N–C) groups is 1. The maximum absolute atomic E-state index is 4.82. The first kappa shape index (κ1) is 19.6. The van der Waals surface area contributed by atoms with Gasteiger partial charge in [-0.3, -0.25) is 0 Å². The third-order valence-corrected chi connectivity index (χ3v) is 4.78. The van der Waals surface area contributed by atoms with Gasteiger partial charge in [0.05, 0.1) is 13.1 Å². The Morgan fingerprint density at radius 2 is 2.07 bits per heavy atom. The highest BCUT2D eigenvalue weighted by Gasteiger charge is 2.20. The van der Waals surface area contributed by atoms with Crippen LogP contribution < -0.4 is 10.6 Å². The van der Waals surface area contributed by atoms with Gasteiger partial charge in [-0.05, 0) is 29.7 Å². The van der Waals surface area contributed by atoms with Crippen LogP contribution in [0.1, 0.15) is 24.7 Å². The Labute approximate surface area is 176 Å². The van der Waals surface area contributed by atoms with E-state index in [-0.39, 0.29) is 24.0 Å². The minimum Gasteiger partial charge on any atom is -0.357 e. The number of guanidine groups is 1. The van der Waals surface area contributed by atoms with Crippen molar-refractivity contribution in [2.45, 2.75) is 38.9 Å². The molecule has 2 heterocycles. The minimum absolute atomic E-state index is 0. The number of fused-ring (bicyclic) bond motifs is 2. The molecule has 1 atom stereocenters. The van der Waals surface area contributed by atoms with Crippen LogP contribution >= 0.6 is 24.0 Å². The Morgan fingerprint density at radius 1 is 1.22 bits per heavy atom. The van der Waals surface area contributed by atoms with Gasteiger partial charge < -0.3 is 10.6 Å². The van der Waals surface area contributed by atoms with E-state index in [4.69, 9.17) is 4.99 Å². The molecule has 0 spiro atoms. The van der Waals surface area contributed by atoms with Crippen molar-refractivity contribution in [3.05, 3.63) is 60.2 Å². The molecule has 0 bridgehead atoms. The zero-order valence-corrected chi connectivity index (χ0v) is 17.8. The van der Waals surface area contributed by atoms with Gasteiger partial charge >= 0.3 is 0 Å². The second-order valence-electron chi connectivity index (χ2n) is 6.57. The molecule has 1 aromatic heterocycles. The summed E-state index contributed by atoms with van der Waals surface area (Å²) in [6, 6.07) is 15.2. The number of nitrogens with one attached hydrogen (secondary N) is 2. The van der Waals surface area contributed by atoms with Gasteiger partial charge in [0.25, 0.3) is 0 Å². The lowest BCUT2D eigenvalue weighted by Crippen LogP contribution is -2.47. The quantitative estimate of drug-likeness (QED) is 0.345. The summed E-state index contributed by atoms with van der Waals surface area (Å²) in [7, 11) is 0. The van der Waals surface area contributed by atoms with Crippen molar-refractivity contribution in [3.63, 3.8) is 0 Å². The summed E-state index contributed by atoms with van der Waals surface area (Å²) < 4.78 is 1.98. The number of hydrogen-bond acceptors (Lipinski definition) is 3. The topological polar surface area (TPSA) is 67.1 Å². The summed E-state index contributed by atoms with van der Waals surface area (Å²) in [4.78, 5) is 9.11. The van der Waals surface area contributed by atoms with E-state index in [0.29, 0.717) is 12.6 Å². The number of halogens is 1. The standard InChI is InChI=1S/C20H24N6.HI/c1-2-21-20(25-17-10-11-19-23-14-24-26(19)13-17)22-12-16-8-5-7-15-6-3-4-9-18(15)16;/h3-9,14,17H,2,10-13H2,1H3,(H2,21,22,25);1H. The summed E-state index contributed by atoms with van der Waals surface area (Å²) in [6.07, 6.45) is 3.62. The summed E-state index contributed by atoms with van der Waals surface area (Å²) in [5.41, 5.74) is 1.24. The highest BCUT2D eigenvalue weighted by Crippen LogP contribution is 2.19. The zero-order chi connectivity index (χ0) is 17.8. The van der Waals surface area contributed by atoms with Crippen LogP contribution in [0.3, 0.4) is 0 Å². The van der Waals surface area contributed by atoms with Crippen LogP contribution in [-0.4, -0.2) is 33.3 Å². The molecule has 2 N–H and O–H groups in total. The van der Waals surface area contributed by atoms with E-state index in [0.717, 1.165) is 37.7 Å². The van der Waals surface area contributed by atoms with Crippen molar-refractivity contribution in [1.82, 2.24) is 25.4 Å². The molecule has 0 amide bonds. The maximum Gasteiger partial charge on any atom is 0.191 e. The Bertz CT molecular complexity index is 914. The molecule has 0 saturated heterocycles. The van der Waals surface area contributed by atoms with Crippen LogP contribution in [0.25, 0.3) is 10.8 Å². The van der Waals surface area contributed by atoms with Gasteiger partial charge in [-0.1, -0.05) is 42.5 Å². The molecule has 0 saturated carbocycles. The number of aryl methyl sites for hydroxylation is 1. The summed E-state index contributed by atoms with van der Waals surface area (Å²) >= 11 is 0. The van der Waals surface area contributed by atoms with Gasteiger partial charge in [0.1, 0.15) is 12.2 Å². The van der Waals surface area contributed by atoms with Crippen molar-refractivity contribution in [1.29, 1.82) is 0 Å². The molecule has 6 nitrogen and oxygen atoms in total. The van der Waals surface area contributed by atoms with Gasteiger partial charge in [-0.25, -0.2) is 14.7 Å². The number of hydrogen-bond donors (Lipinski definition) is 2. The zero-order valence-electron chi connectivity index (χ0n) is 15.4. The van der Waals surface area contributed by atoms with E-state index in [9.17, 15) is 0 Å². The normalized spacial score (nSPS) is 16.5. The Kier molecular flexibility index (Phi) is 6.65. The minimum atomic E-state index is 0. The molecule has 0 radical (unpaired) electrons. The monoisotopic (exact) mass is 476 g/mol. The van der Waals surface area contributed by atoms with Crippen molar-refractivity contribution >= 4 is 40.7 Å². The van der Waals surface area contributed by atoms with E-state index in [1.807, 2.05) is 4.68 Å². The van der Waals surface area contributed by atoms with E-state index >= 15 is 0 Å². The third kappa shape index (κ3) is 4.58. The van der Waals surface area contributed by atoms with Gasteiger partial charge in [0, 0.05) is 19.0 Å². The van der Waals surface area contributed by atoms with Crippen LogP contribution in [-0.2, 0) is 19.5 Å². The lowest BCUT2D eigenvalue weighted by atomic mass is 10.0. The Hall–Kier alpha value is -2.16. The van der Waals surface area contributed by atoms with Crippen LogP contribution in [0.5, 0.6) is 0 Å². The lowest BCUT2D eigenvalue weighted by molar-refractivity contribution is 0.393. The fourth-order valence-corrected chi connectivity index (χ4v) is 3.46. The Morgan fingerprint density at radius 3 is 2.96 bits per heavy atom. The van der Waals surface area contributed by atoms with Crippen molar-refractivity contribution in [2.75, 3.05) is 6.54 Å². The predicted octanol–water partition coefficient (Wildman–Crippen LogP) is 3.12. The third-order valence-electron chi connectivity index (χ3n) is 4.78. The second kappa shape index (κ2) is 9.16. The Balaban J connectivity index is 0.00000210. The van der Waals surface area contributed by atoms with Crippen molar-refractivity contribution < 1.29 is 0 Å². The number of benzene rings is 2. The van der Waals surface area contributed by atoms with Gasteiger partial charge in [-0.15, -0.1) is 24.0 Å². The average molecular weight is 476 g/mol. The lowest BCUT2D eigenvalue weighted by Gasteiger charge is -2.25. The summed E-state index contributed by atoms with van der Waals surface area (Å²) in [5, 5.41) is 13.7. The molecule has 142 valence electrons. The van der Waals surface area contributed by atoms with E-state index in [1.54, 1.807) is 6.33 Å². The van der Waals surface area contributed by atoms with E-state index in [1.165, 1.54) is 16.3 Å². The van der Waals surface area contributed by atoms with Crippen LogP contribution in [0.4, 0.5) is 0 Å². The molecule has 1 aliphatic heterocycles. The molecule has 3 aromatic rings. The molecule has 2 aromatic carbocycles. The fourth-order valence-electron chi connectivity index (χ4n) is 3.46. The van der Waals surface area contributed by atoms with Crippen LogP contribution in [0, 0.1) is 0 Å². The molecule has 0 fully saturated rings. The van der Waals surface area contributed by atoms with E-state index < -0.39 is 0 Å². The van der Waals surface area contributed by atoms with Gasteiger partial charge in [-0.2, -0.15) is 5.10 Å². The predicted molar refractivity (Wildman–Crippen MR) is 119 cm³/mol. The number of rotatable bonds is 4. The molecule has 1 aliphatic rings. The molecule has 1 unspecified atom stereocenters. The smallest absolute Gasteiger partial charge is 0.191 e. The summed E-state index contributed by atoms with van der Waals surface area (Å²) in [5.74, 6) is 1.93. The second-order valence-corrected chi connectivity index (χ2v) is 6.57. The van der Waals surface area contributed by atoms with Crippen LogP contribution in [0.15, 0.2) is 53.8 Å². The summed E-state index contributed by atoms with van der Waals surface area (Å²) in [6.45, 7) is 4.40. The molecule has 4 rings (SSSR count). The van der Waals surface area contributed by atoms with E-state index in [2.05, 4.69) is 70.1 Å². The van der Waals surface area contributed by atoms with Crippen molar-refractivity contribution in [3.8, 4) is 0 Å². The molecule has 7 heteroatoms. The van der Waals surface area contributed by atoms with Gasteiger partial charge in [0.15, 0.2) is 5.96 Å². The SMILES string of the molecule is CCNC(=NCc1cccc2ccccc12)NC1CCc2ncnn2C1.I. The highest BCUT2D eigenvalue weighted by molar-refractivity contribution is 14.0. The fraction of sp³-hybridized carbons (Fsp3) is 0.350. The highest BCUT2D eigenvalue weighted by atomic mass is 127. The largest absolute Gasteiger partial charge is 0.357 e. The first-order valence-corrected chi connectivity index (χ1v) is 9.21.